The standard InChI is InChI=1S/C17H20N2O/c1-12-9-10-15(14(18)11-12)19-16(20)17(2,3)13-7-5-4-6-8-13/h4-11H,18H2,1-3H3,(H,19,20). The largest absolute Gasteiger partial charge is 0.397 e. The zero-order valence-corrected chi connectivity index (χ0v) is 12.1. The predicted molar refractivity (Wildman–Crippen MR) is 83.7 cm³/mol. The maximum atomic E-state index is 12.5. The first-order valence-electron chi connectivity index (χ1n) is 6.64. The van der Waals surface area contributed by atoms with Crippen molar-refractivity contribution in [3.63, 3.8) is 0 Å². The SMILES string of the molecule is Cc1ccc(NC(=O)C(C)(C)c2ccccc2)c(N)c1. The topological polar surface area (TPSA) is 55.1 Å². The average Bonchev–Trinajstić information content (AvgIpc) is 2.42. The van der Waals surface area contributed by atoms with E-state index in [2.05, 4.69) is 5.32 Å². The van der Waals surface area contributed by atoms with E-state index in [0.717, 1.165) is 11.1 Å². The highest BCUT2D eigenvalue weighted by molar-refractivity contribution is 6.00. The molecule has 0 bridgehead atoms. The molecule has 2 rings (SSSR count). The molecule has 0 aliphatic heterocycles. The van der Waals surface area contributed by atoms with Crippen LogP contribution in [0.2, 0.25) is 0 Å². The Bertz CT molecular complexity index is 618. The van der Waals surface area contributed by atoms with Crippen LogP contribution in [-0.4, -0.2) is 5.91 Å². The van der Waals surface area contributed by atoms with E-state index >= 15 is 0 Å². The van der Waals surface area contributed by atoms with Crippen molar-refractivity contribution in [2.75, 3.05) is 11.1 Å². The molecule has 0 saturated carbocycles. The predicted octanol–water partition coefficient (Wildman–Crippen LogP) is 3.49. The first-order valence-corrected chi connectivity index (χ1v) is 6.64. The number of nitrogens with two attached hydrogens (primary N) is 1. The van der Waals surface area contributed by atoms with E-state index in [1.54, 1.807) is 0 Å². The van der Waals surface area contributed by atoms with Crippen molar-refractivity contribution < 1.29 is 4.79 Å². The number of hydrogen-bond donors (Lipinski definition) is 2. The second-order valence-corrected chi connectivity index (χ2v) is 5.54. The van der Waals surface area contributed by atoms with Crippen molar-refractivity contribution in [1.82, 2.24) is 0 Å². The molecule has 20 heavy (non-hydrogen) atoms. The maximum absolute atomic E-state index is 12.5. The van der Waals surface area contributed by atoms with E-state index in [0.29, 0.717) is 11.4 Å². The number of carbonyl (C=O) groups is 1. The fourth-order valence-corrected chi connectivity index (χ4v) is 2.06. The van der Waals surface area contributed by atoms with Gasteiger partial charge in [0.2, 0.25) is 5.91 Å². The molecule has 0 aliphatic carbocycles. The van der Waals surface area contributed by atoms with E-state index in [1.807, 2.05) is 69.3 Å². The third-order valence-corrected chi connectivity index (χ3v) is 3.52. The van der Waals surface area contributed by atoms with Crippen LogP contribution in [0.4, 0.5) is 11.4 Å². The Morgan fingerprint density at radius 3 is 2.35 bits per heavy atom. The van der Waals surface area contributed by atoms with Gasteiger partial charge in [0.25, 0.3) is 0 Å². The zero-order valence-electron chi connectivity index (χ0n) is 12.1. The first kappa shape index (κ1) is 14.1. The summed E-state index contributed by atoms with van der Waals surface area (Å²) in [6.07, 6.45) is 0. The van der Waals surface area contributed by atoms with Crippen molar-refractivity contribution in [2.45, 2.75) is 26.2 Å². The van der Waals surface area contributed by atoms with Crippen molar-refractivity contribution in [2.24, 2.45) is 0 Å². The molecule has 3 nitrogen and oxygen atoms in total. The molecule has 0 radical (unpaired) electrons. The second kappa shape index (κ2) is 5.37. The summed E-state index contributed by atoms with van der Waals surface area (Å²) >= 11 is 0. The quantitative estimate of drug-likeness (QED) is 0.837. The van der Waals surface area contributed by atoms with Gasteiger partial charge in [-0.05, 0) is 44.0 Å². The number of nitrogen functional groups attached to an aromatic ring is 1. The highest BCUT2D eigenvalue weighted by Crippen LogP contribution is 2.27. The molecular formula is C17H20N2O. The fourth-order valence-electron chi connectivity index (χ4n) is 2.06. The van der Waals surface area contributed by atoms with Crippen LogP contribution in [0.3, 0.4) is 0 Å². The molecule has 2 aromatic rings. The number of aryl methyl sites for hydroxylation is 1. The van der Waals surface area contributed by atoms with Gasteiger partial charge in [-0.1, -0.05) is 36.4 Å². The summed E-state index contributed by atoms with van der Waals surface area (Å²) < 4.78 is 0. The summed E-state index contributed by atoms with van der Waals surface area (Å²) in [5, 5.41) is 2.91. The minimum absolute atomic E-state index is 0.0701. The molecule has 0 spiro atoms. The van der Waals surface area contributed by atoms with Crippen LogP contribution in [0, 0.1) is 6.92 Å². The minimum Gasteiger partial charge on any atom is -0.397 e. The summed E-state index contributed by atoms with van der Waals surface area (Å²) in [5.74, 6) is -0.0701. The number of amides is 1. The first-order chi connectivity index (χ1) is 9.41. The lowest BCUT2D eigenvalue weighted by Gasteiger charge is -2.24. The van der Waals surface area contributed by atoms with Crippen molar-refractivity contribution in [3.05, 3.63) is 59.7 Å². The van der Waals surface area contributed by atoms with Gasteiger partial charge in [-0.2, -0.15) is 0 Å². The Morgan fingerprint density at radius 1 is 1.10 bits per heavy atom. The molecule has 0 atom stereocenters. The molecule has 0 aromatic heterocycles. The Kier molecular flexibility index (Phi) is 3.79. The fraction of sp³-hybridized carbons (Fsp3) is 0.235. The van der Waals surface area contributed by atoms with E-state index in [1.165, 1.54) is 0 Å². The highest BCUT2D eigenvalue weighted by Gasteiger charge is 2.29. The molecule has 3 N–H and O–H groups in total. The summed E-state index contributed by atoms with van der Waals surface area (Å²) in [5.41, 5.74) is 8.61. The van der Waals surface area contributed by atoms with Gasteiger partial charge < -0.3 is 11.1 Å². The van der Waals surface area contributed by atoms with Crippen molar-refractivity contribution in [1.29, 1.82) is 0 Å². The molecular weight excluding hydrogens is 248 g/mol. The monoisotopic (exact) mass is 268 g/mol. The van der Waals surface area contributed by atoms with E-state index in [4.69, 9.17) is 5.73 Å². The van der Waals surface area contributed by atoms with E-state index in [9.17, 15) is 4.79 Å². The Hall–Kier alpha value is -2.29. The third kappa shape index (κ3) is 2.82. The molecule has 0 saturated heterocycles. The molecule has 0 heterocycles. The van der Waals surface area contributed by atoms with Gasteiger partial charge in [0.1, 0.15) is 0 Å². The minimum atomic E-state index is -0.613. The van der Waals surface area contributed by atoms with Gasteiger partial charge in [0.05, 0.1) is 16.8 Å². The number of carbonyl (C=O) groups excluding carboxylic acids is 1. The van der Waals surface area contributed by atoms with Crippen LogP contribution in [0.25, 0.3) is 0 Å². The van der Waals surface area contributed by atoms with Gasteiger partial charge in [-0.25, -0.2) is 0 Å². The highest BCUT2D eigenvalue weighted by atomic mass is 16.2. The van der Waals surface area contributed by atoms with Gasteiger partial charge in [0.15, 0.2) is 0 Å². The Labute approximate surface area is 119 Å². The maximum Gasteiger partial charge on any atom is 0.234 e. The summed E-state index contributed by atoms with van der Waals surface area (Å²) in [6.45, 7) is 5.78. The smallest absolute Gasteiger partial charge is 0.234 e. The molecule has 104 valence electrons. The summed E-state index contributed by atoms with van der Waals surface area (Å²) in [7, 11) is 0. The van der Waals surface area contributed by atoms with Crippen molar-refractivity contribution in [3.8, 4) is 0 Å². The number of rotatable bonds is 3. The summed E-state index contributed by atoms with van der Waals surface area (Å²) in [4.78, 5) is 12.5. The van der Waals surface area contributed by atoms with Crippen LogP contribution in [0.5, 0.6) is 0 Å². The molecule has 1 amide bonds. The number of benzene rings is 2. The van der Waals surface area contributed by atoms with Gasteiger partial charge in [-0.3, -0.25) is 4.79 Å². The van der Waals surface area contributed by atoms with Crippen molar-refractivity contribution >= 4 is 17.3 Å². The molecule has 0 aliphatic rings. The molecule has 0 fully saturated rings. The van der Waals surface area contributed by atoms with Crippen LogP contribution in [0.1, 0.15) is 25.0 Å². The lowest BCUT2D eigenvalue weighted by molar-refractivity contribution is -0.120. The average molecular weight is 268 g/mol. The molecule has 3 heteroatoms. The van der Waals surface area contributed by atoms with E-state index in [-0.39, 0.29) is 5.91 Å². The molecule has 0 unspecified atom stereocenters. The Morgan fingerprint density at radius 2 is 1.75 bits per heavy atom. The van der Waals surface area contributed by atoms with Crippen LogP contribution >= 0.6 is 0 Å². The third-order valence-electron chi connectivity index (χ3n) is 3.52. The van der Waals surface area contributed by atoms with E-state index < -0.39 is 5.41 Å². The Balaban J connectivity index is 2.23. The van der Waals surface area contributed by atoms with Crippen LogP contribution in [0.15, 0.2) is 48.5 Å². The van der Waals surface area contributed by atoms with Gasteiger partial charge in [-0.15, -0.1) is 0 Å². The number of hydrogen-bond acceptors (Lipinski definition) is 2. The lowest BCUT2D eigenvalue weighted by atomic mass is 9.83. The van der Waals surface area contributed by atoms with Crippen LogP contribution in [-0.2, 0) is 10.2 Å². The molecule has 2 aromatic carbocycles. The normalized spacial score (nSPS) is 11.2. The van der Waals surface area contributed by atoms with Crippen LogP contribution < -0.4 is 11.1 Å². The van der Waals surface area contributed by atoms with Gasteiger partial charge in [0, 0.05) is 0 Å². The number of nitrogens with one attached hydrogen (secondary N) is 1. The van der Waals surface area contributed by atoms with Gasteiger partial charge >= 0.3 is 0 Å². The second-order valence-electron chi connectivity index (χ2n) is 5.54. The summed E-state index contributed by atoms with van der Waals surface area (Å²) in [6, 6.07) is 15.3. The number of anilines is 2. The lowest BCUT2D eigenvalue weighted by Crippen LogP contribution is -2.34. The zero-order chi connectivity index (χ0) is 14.8.